The average molecular weight is 396 g/mol. The first-order chi connectivity index (χ1) is 13.9. The molecule has 3 unspecified atom stereocenters. The number of phenolic OH excluding ortho intramolecular Hbond substituents is 1. The number of unbranched alkanes of at least 4 members (excludes halogenated alkanes) is 4. The van der Waals surface area contributed by atoms with Crippen molar-refractivity contribution in [1.82, 2.24) is 0 Å². The van der Waals surface area contributed by atoms with E-state index < -0.39 is 23.1 Å². The van der Waals surface area contributed by atoms with Crippen molar-refractivity contribution in [2.24, 2.45) is 5.92 Å². The van der Waals surface area contributed by atoms with Crippen LogP contribution in [-0.4, -0.2) is 27.9 Å². The molecule has 0 heterocycles. The summed E-state index contributed by atoms with van der Waals surface area (Å²) in [5.74, 6) is -1.39. The first kappa shape index (κ1) is 19.9. The molecule has 154 valence electrons. The zero-order valence-corrected chi connectivity index (χ0v) is 16.7. The molecule has 3 atom stereocenters. The Morgan fingerprint density at radius 3 is 2.45 bits per heavy atom. The van der Waals surface area contributed by atoms with Gasteiger partial charge in [-0.05, 0) is 40.8 Å². The van der Waals surface area contributed by atoms with Crippen molar-refractivity contribution in [1.29, 1.82) is 0 Å². The van der Waals surface area contributed by atoms with Crippen molar-refractivity contribution in [2.75, 3.05) is 6.61 Å². The van der Waals surface area contributed by atoms with Gasteiger partial charge in [0.05, 0.1) is 12.5 Å². The van der Waals surface area contributed by atoms with E-state index in [-0.39, 0.29) is 12.2 Å². The number of rotatable bonds is 7. The summed E-state index contributed by atoms with van der Waals surface area (Å²) in [5.41, 5.74) is -1.06. The van der Waals surface area contributed by atoms with Crippen molar-refractivity contribution in [2.45, 2.75) is 56.7 Å². The van der Waals surface area contributed by atoms with Crippen LogP contribution in [0, 0.1) is 5.92 Å². The maximum absolute atomic E-state index is 13.0. The molecule has 0 aromatic heterocycles. The minimum atomic E-state index is -1.59. The Morgan fingerprint density at radius 2 is 1.69 bits per heavy atom. The summed E-state index contributed by atoms with van der Waals surface area (Å²) in [5, 5.41) is 33.4. The molecule has 0 fully saturated rings. The topological polar surface area (TPSA) is 87.0 Å². The fourth-order valence-corrected chi connectivity index (χ4v) is 4.94. The number of phenols is 1. The van der Waals surface area contributed by atoms with Gasteiger partial charge >= 0.3 is 5.97 Å². The predicted molar refractivity (Wildman–Crippen MR) is 108 cm³/mol. The monoisotopic (exact) mass is 396 g/mol. The maximum atomic E-state index is 13.0. The molecule has 2 aromatic carbocycles. The zero-order valence-electron chi connectivity index (χ0n) is 16.7. The van der Waals surface area contributed by atoms with Crippen LogP contribution in [0.5, 0.6) is 5.75 Å². The summed E-state index contributed by atoms with van der Waals surface area (Å²) in [4.78, 5) is 13.0. The molecule has 5 nitrogen and oxygen atoms in total. The lowest BCUT2D eigenvalue weighted by Crippen LogP contribution is -2.57. The Balaban J connectivity index is 1.65. The Hall–Kier alpha value is -2.37. The lowest BCUT2D eigenvalue weighted by Gasteiger charge is -2.53. The number of hydrogen-bond acceptors (Lipinski definition) is 5. The Kier molecular flexibility index (Phi) is 5.13. The van der Waals surface area contributed by atoms with Crippen LogP contribution in [0.15, 0.2) is 42.5 Å². The lowest BCUT2D eigenvalue weighted by molar-refractivity contribution is -0.167. The average Bonchev–Trinajstić information content (AvgIpc) is 2.72. The Morgan fingerprint density at radius 1 is 1.00 bits per heavy atom. The SMILES string of the molecule is CCCCCCCOC(=O)C1CC2(O)c3ccccc3C1(O)c1ccc(O)cc12. The van der Waals surface area contributed by atoms with Crippen LogP contribution in [0.25, 0.3) is 0 Å². The highest BCUT2D eigenvalue weighted by atomic mass is 16.5. The molecule has 5 rings (SSSR count). The predicted octanol–water partition coefficient (Wildman–Crippen LogP) is 3.71. The summed E-state index contributed by atoms with van der Waals surface area (Å²) in [6.45, 7) is 2.47. The van der Waals surface area contributed by atoms with Crippen molar-refractivity contribution in [3.05, 3.63) is 64.7 Å². The van der Waals surface area contributed by atoms with Gasteiger partial charge in [-0.3, -0.25) is 4.79 Å². The van der Waals surface area contributed by atoms with Crippen LogP contribution >= 0.6 is 0 Å². The largest absolute Gasteiger partial charge is 0.508 e. The molecule has 3 aliphatic carbocycles. The fraction of sp³-hybridized carbons (Fsp3) is 0.458. The smallest absolute Gasteiger partial charge is 0.312 e. The van der Waals surface area contributed by atoms with Crippen LogP contribution in [0.4, 0.5) is 0 Å². The molecule has 3 N–H and O–H groups in total. The summed E-state index contributed by atoms with van der Waals surface area (Å²) < 4.78 is 5.52. The van der Waals surface area contributed by atoms with Gasteiger partial charge in [0.25, 0.3) is 0 Å². The maximum Gasteiger partial charge on any atom is 0.312 e. The Labute approximate surface area is 171 Å². The summed E-state index contributed by atoms with van der Waals surface area (Å²) >= 11 is 0. The van der Waals surface area contributed by atoms with Gasteiger partial charge in [-0.2, -0.15) is 0 Å². The van der Waals surface area contributed by atoms with Gasteiger partial charge in [-0.1, -0.05) is 62.9 Å². The van der Waals surface area contributed by atoms with E-state index in [0.717, 1.165) is 25.7 Å². The molecule has 0 amide bonds. The first-order valence-electron chi connectivity index (χ1n) is 10.5. The Bertz CT molecular complexity index is 923. The molecular formula is C24H28O5. The van der Waals surface area contributed by atoms with E-state index in [1.54, 1.807) is 30.3 Å². The quantitative estimate of drug-likeness (QED) is 0.491. The minimum Gasteiger partial charge on any atom is -0.508 e. The van der Waals surface area contributed by atoms with Gasteiger partial charge in [-0.25, -0.2) is 0 Å². The lowest BCUT2D eigenvalue weighted by atomic mass is 9.54. The number of aliphatic hydroxyl groups is 2. The highest BCUT2D eigenvalue weighted by molar-refractivity contribution is 5.79. The number of fused-ring (bicyclic) bond motifs is 1. The van der Waals surface area contributed by atoms with Crippen LogP contribution in [0.3, 0.4) is 0 Å². The van der Waals surface area contributed by atoms with Gasteiger partial charge in [0.2, 0.25) is 0 Å². The third-order valence-corrected chi connectivity index (χ3v) is 6.42. The van der Waals surface area contributed by atoms with Crippen molar-refractivity contribution in [3.63, 3.8) is 0 Å². The van der Waals surface area contributed by atoms with Gasteiger partial charge in [-0.15, -0.1) is 0 Å². The van der Waals surface area contributed by atoms with E-state index in [1.807, 2.05) is 0 Å². The van der Waals surface area contributed by atoms with E-state index in [2.05, 4.69) is 6.92 Å². The van der Waals surface area contributed by atoms with E-state index >= 15 is 0 Å². The third-order valence-electron chi connectivity index (χ3n) is 6.42. The highest BCUT2D eigenvalue weighted by Crippen LogP contribution is 2.60. The molecule has 0 radical (unpaired) electrons. The highest BCUT2D eigenvalue weighted by Gasteiger charge is 2.62. The molecule has 0 saturated carbocycles. The van der Waals surface area contributed by atoms with Crippen LogP contribution in [0.1, 0.15) is 67.7 Å². The molecule has 3 aliphatic rings. The van der Waals surface area contributed by atoms with Crippen LogP contribution in [0.2, 0.25) is 0 Å². The van der Waals surface area contributed by atoms with Crippen molar-refractivity contribution in [3.8, 4) is 5.75 Å². The second-order valence-corrected chi connectivity index (χ2v) is 8.24. The molecule has 2 aromatic rings. The number of carbonyl (C=O) groups excluding carboxylic acids is 1. The second-order valence-electron chi connectivity index (χ2n) is 8.24. The van der Waals surface area contributed by atoms with Crippen LogP contribution < -0.4 is 0 Å². The van der Waals surface area contributed by atoms with E-state index in [1.165, 1.54) is 18.6 Å². The van der Waals surface area contributed by atoms with Crippen molar-refractivity contribution >= 4 is 5.97 Å². The van der Waals surface area contributed by atoms with E-state index in [9.17, 15) is 20.1 Å². The number of esters is 1. The number of hydrogen-bond donors (Lipinski definition) is 3. The third kappa shape index (κ3) is 3.04. The van der Waals surface area contributed by atoms with Crippen LogP contribution in [-0.2, 0) is 20.7 Å². The second kappa shape index (κ2) is 7.47. The van der Waals surface area contributed by atoms with Gasteiger partial charge < -0.3 is 20.1 Å². The number of ether oxygens (including phenoxy) is 1. The number of benzene rings is 2. The van der Waals surface area contributed by atoms with E-state index in [4.69, 9.17) is 4.74 Å². The molecule has 29 heavy (non-hydrogen) atoms. The number of aromatic hydroxyl groups is 1. The van der Waals surface area contributed by atoms with Gasteiger partial charge in [0.15, 0.2) is 0 Å². The normalized spacial score (nSPS) is 26.7. The number of carbonyl (C=O) groups is 1. The zero-order chi connectivity index (χ0) is 20.6. The molecule has 0 saturated heterocycles. The van der Waals surface area contributed by atoms with Gasteiger partial charge in [0.1, 0.15) is 17.0 Å². The summed E-state index contributed by atoms with van der Waals surface area (Å²) in [7, 11) is 0. The standard InChI is InChI=1S/C24H28O5/c1-2-3-4-5-8-13-29-22(26)21-15-23(27)17-9-6-7-10-18(17)24(21,28)19-12-11-16(25)14-20(19)23/h6-7,9-12,14,21,25,27-28H,2-5,8,13,15H2,1H3. The fourth-order valence-electron chi connectivity index (χ4n) is 4.94. The van der Waals surface area contributed by atoms with Gasteiger partial charge in [0, 0.05) is 6.42 Å². The molecule has 5 heteroatoms. The summed E-state index contributed by atoms with van der Waals surface area (Å²) in [6.07, 6.45) is 5.26. The molecular weight excluding hydrogens is 368 g/mol. The molecule has 2 bridgehead atoms. The van der Waals surface area contributed by atoms with E-state index in [0.29, 0.717) is 28.9 Å². The minimum absolute atomic E-state index is 0.0111. The van der Waals surface area contributed by atoms with Crippen molar-refractivity contribution < 1.29 is 24.9 Å². The summed E-state index contributed by atoms with van der Waals surface area (Å²) in [6, 6.07) is 11.6. The first-order valence-corrected chi connectivity index (χ1v) is 10.5. The molecule has 0 spiro atoms. The molecule has 0 aliphatic heterocycles.